The third kappa shape index (κ3) is 14.6. The van der Waals surface area contributed by atoms with Gasteiger partial charge >= 0.3 is 11.8 Å². The van der Waals surface area contributed by atoms with Gasteiger partial charge in [0.1, 0.15) is 41.5 Å². The summed E-state index contributed by atoms with van der Waals surface area (Å²) in [5.41, 5.74) is 8.12. The van der Waals surface area contributed by atoms with Crippen LogP contribution in [0.3, 0.4) is 0 Å². The van der Waals surface area contributed by atoms with Gasteiger partial charge in [-0.3, -0.25) is 29.2 Å². The number of amidine groups is 1. The zero-order valence-electron chi connectivity index (χ0n) is 47.4. The number of hydrogen-bond acceptors (Lipinski definition) is 20. The van der Waals surface area contributed by atoms with Crippen LogP contribution in [0.2, 0.25) is 0 Å². The van der Waals surface area contributed by atoms with Gasteiger partial charge in [-0.2, -0.15) is 10.2 Å². The van der Waals surface area contributed by atoms with Crippen LogP contribution < -0.4 is 30.7 Å². The van der Waals surface area contributed by atoms with Crippen LogP contribution in [0, 0.1) is 30.6 Å². The second-order valence-corrected chi connectivity index (χ2v) is 20.4. The molecule has 1 fully saturated rings. The van der Waals surface area contributed by atoms with Crippen molar-refractivity contribution in [2.45, 2.75) is 85.6 Å². The highest BCUT2D eigenvalue weighted by atomic mass is 16.7. The second kappa shape index (κ2) is 27.3. The number of rotatable bonds is 10. The molecule has 81 heavy (non-hydrogen) atoms. The van der Waals surface area contributed by atoms with Gasteiger partial charge in [0.15, 0.2) is 11.6 Å². The first kappa shape index (κ1) is 62.0. The number of methoxy groups -OCH3 is 2. The zero-order valence-corrected chi connectivity index (χ0v) is 47.4. The third-order valence-corrected chi connectivity index (χ3v) is 14.6. The molecular weight excluding hydrogens is 1050 g/mol. The maximum absolute atomic E-state index is 14.4. The van der Waals surface area contributed by atoms with E-state index in [0.29, 0.717) is 24.4 Å². The number of likely N-dealkylation sites (N-methyl/N-ethyl adjacent to an activating group) is 1. The molecule has 3 aromatic carbocycles. The molecule has 9 N–H and O–H groups in total. The largest absolute Gasteiger partial charge is 0.507 e. The fourth-order valence-corrected chi connectivity index (χ4v) is 9.48. The van der Waals surface area contributed by atoms with E-state index in [1.54, 1.807) is 88.4 Å². The van der Waals surface area contributed by atoms with E-state index in [4.69, 9.17) is 34.2 Å². The lowest BCUT2D eigenvalue weighted by atomic mass is 9.78. The molecule has 1 saturated heterocycles. The number of esters is 1. The summed E-state index contributed by atoms with van der Waals surface area (Å²) in [5, 5.41) is 70.6. The van der Waals surface area contributed by atoms with E-state index in [1.807, 2.05) is 7.05 Å². The van der Waals surface area contributed by atoms with Gasteiger partial charge in [-0.25, -0.2) is 5.43 Å². The lowest BCUT2D eigenvalue weighted by Gasteiger charge is -2.38. The highest BCUT2D eigenvalue weighted by Crippen LogP contribution is 2.55. The number of hydrazone groups is 2. The maximum Gasteiger partial charge on any atom is 0.312 e. The fourth-order valence-electron chi connectivity index (χ4n) is 9.48. The molecule has 23 heteroatoms. The van der Waals surface area contributed by atoms with E-state index in [0.717, 1.165) is 18.8 Å². The molecule has 5 heterocycles. The molecule has 436 valence electrons. The van der Waals surface area contributed by atoms with Crippen molar-refractivity contribution in [3.8, 4) is 34.5 Å². The quantitative estimate of drug-likeness (QED) is 0.0242. The maximum atomic E-state index is 14.4. The summed E-state index contributed by atoms with van der Waals surface area (Å²) >= 11 is 0. The molecule has 4 aliphatic heterocycles. The number of amides is 2. The van der Waals surface area contributed by atoms with Crippen molar-refractivity contribution in [1.82, 2.24) is 20.3 Å². The topological polar surface area (TPSA) is 319 Å². The Morgan fingerprint density at radius 2 is 1.56 bits per heavy atom. The molecular formula is C58H74N8O15. The number of piperazine rings is 1. The molecule has 0 radical (unpaired) electrons. The molecule has 8 rings (SSSR count). The number of nitrogens with one attached hydrogen (secondary N) is 2. The molecule has 2 amide bonds. The van der Waals surface area contributed by atoms with Crippen molar-refractivity contribution >= 4 is 52.1 Å². The van der Waals surface area contributed by atoms with E-state index in [2.05, 4.69) is 30.8 Å². The van der Waals surface area contributed by atoms with Gasteiger partial charge in [0.25, 0.3) is 17.6 Å². The second-order valence-electron chi connectivity index (χ2n) is 20.4. The predicted molar refractivity (Wildman–Crippen MR) is 302 cm³/mol. The Hall–Kier alpha value is -8.25. The minimum absolute atomic E-state index is 0.0559. The first-order chi connectivity index (χ1) is 38.4. The van der Waals surface area contributed by atoms with Gasteiger partial charge in [0.2, 0.25) is 0 Å². The molecule has 0 spiro atoms. The number of ketones is 1. The summed E-state index contributed by atoms with van der Waals surface area (Å²) in [6, 6.07) is 10.2. The zero-order chi connectivity index (χ0) is 59.5. The van der Waals surface area contributed by atoms with Crippen molar-refractivity contribution in [2.75, 3.05) is 59.4 Å². The van der Waals surface area contributed by atoms with E-state index in [1.165, 1.54) is 71.8 Å². The van der Waals surface area contributed by atoms with Crippen molar-refractivity contribution in [3.05, 3.63) is 107 Å². The fraction of sp³-hybridized carbons (Fsp3) is 0.431. The average Bonchev–Trinajstić information content (AvgIpc) is 4.03. The Kier molecular flexibility index (Phi) is 20.9. The van der Waals surface area contributed by atoms with Crippen LogP contribution in [0.1, 0.15) is 80.3 Å². The van der Waals surface area contributed by atoms with Crippen LogP contribution in [0.25, 0.3) is 10.8 Å². The summed E-state index contributed by atoms with van der Waals surface area (Å²) in [4.78, 5) is 58.2. The summed E-state index contributed by atoms with van der Waals surface area (Å²) in [5.74, 6) is -7.20. The smallest absolute Gasteiger partial charge is 0.312 e. The number of nitrogens with zero attached hydrogens (tertiary/aromatic N) is 5. The Morgan fingerprint density at radius 1 is 0.901 bits per heavy atom. The number of aromatic hydroxyl groups is 3. The van der Waals surface area contributed by atoms with E-state index < -0.39 is 88.8 Å². The van der Waals surface area contributed by atoms with Crippen molar-refractivity contribution < 1.29 is 73.1 Å². The van der Waals surface area contributed by atoms with Gasteiger partial charge in [0, 0.05) is 105 Å². The van der Waals surface area contributed by atoms with E-state index in [-0.39, 0.29) is 62.8 Å². The van der Waals surface area contributed by atoms with Gasteiger partial charge in [0.05, 0.1) is 60.1 Å². The summed E-state index contributed by atoms with van der Waals surface area (Å²) in [6.07, 6.45) is 7.91. The van der Waals surface area contributed by atoms with Crippen LogP contribution >= 0.6 is 0 Å². The van der Waals surface area contributed by atoms with Crippen LogP contribution in [-0.4, -0.2) is 160 Å². The average molecular weight is 1120 g/mol. The minimum Gasteiger partial charge on any atom is -0.507 e. The number of fused-ring (bicyclic) bond motifs is 14. The Labute approximate surface area is 470 Å². The summed E-state index contributed by atoms with van der Waals surface area (Å²) in [6.45, 7) is 15.1. The third-order valence-electron chi connectivity index (χ3n) is 14.6. The number of allylic oxidation sites excluding steroid dienone is 2. The lowest BCUT2D eigenvalue weighted by molar-refractivity contribution is -0.160. The summed E-state index contributed by atoms with van der Waals surface area (Å²) in [7, 11) is 5.01. The molecule has 23 nitrogen and oxygen atoms in total. The van der Waals surface area contributed by atoms with Gasteiger partial charge in [-0.15, -0.1) is 0 Å². The highest BCUT2D eigenvalue weighted by Gasteiger charge is 2.50. The number of anilines is 1. The number of phenols is 3. The predicted octanol–water partition coefficient (Wildman–Crippen LogP) is 5.51. The molecule has 0 unspecified atom stereocenters. The van der Waals surface area contributed by atoms with Gasteiger partial charge < -0.3 is 69.9 Å². The minimum atomic E-state index is -2.04. The number of nitrogens with two attached hydrogens (primary N) is 1. The van der Waals surface area contributed by atoms with Crippen LogP contribution in [0.4, 0.5) is 5.69 Å². The Balaban J connectivity index is 0.000000400. The van der Waals surface area contributed by atoms with Crippen molar-refractivity contribution in [3.63, 3.8) is 0 Å². The van der Waals surface area contributed by atoms with E-state index in [9.17, 15) is 44.7 Å². The number of aliphatic hydroxyl groups excluding tert-OH is 2. The Morgan fingerprint density at radius 3 is 2.19 bits per heavy atom. The monoisotopic (exact) mass is 1120 g/mol. The van der Waals surface area contributed by atoms with Crippen LogP contribution in [0.5, 0.6) is 34.5 Å². The lowest BCUT2D eigenvalue weighted by Crippen LogP contribution is -2.46. The summed E-state index contributed by atoms with van der Waals surface area (Å²) < 4.78 is 34.1. The molecule has 4 aliphatic rings. The number of Topliss-reactive ketones (excluding diaryl/α,β-unsaturated/α-hetero) is 1. The first-order valence-electron chi connectivity index (χ1n) is 26.3. The molecule has 5 bridgehead atoms. The highest BCUT2D eigenvalue weighted by molar-refractivity contribution is 6.24. The Bertz CT molecular complexity index is 3070. The van der Waals surface area contributed by atoms with Crippen LogP contribution in [0.15, 0.2) is 95.1 Å². The first-order valence-corrected chi connectivity index (χ1v) is 26.3. The van der Waals surface area contributed by atoms with E-state index >= 15 is 0 Å². The van der Waals surface area contributed by atoms with Gasteiger partial charge in [-0.05, 0) is 63.4 Å². The number of carbonyl (C=O) groups excluding carboxylic acids is 4. The number of hydrogen-bond donors (Lipinski definition) is 8. The number of carbonyl (C=O) groups is 4. The van der Waals surface area contributed by atoms with Crippen molar-refractivity contribution in [1.29, 1.82) is 0 Å². The number of benzene rings is 3. The number of aliphatic hydroxyl groups is 2. The molecule has 1 aromatic heterocycles. The normalized spacial score (nSPS) is 26.3. The number of phenolic OH excluding ortho intramolecular Hbond substituents is 3. The molecule has 0 saturated carbocycles. The van der Waals surface area contributed by atoms with Gasteiger partial charge in [-0.1, -0.05) is 45.9 Å². The standard InChI is InChI=1S/C43H58N4O12.C15H16N4O3/c1-21-12-11-13-22(2)42(55)45-33-28(20-44-47-17-15-46(9)16-18-47)37(52)30-31(38(33)53)36(51)26(6)40-32(30)41(54)43(8,59-40)57-19-14-29(56-10)23(3)39(58-27(7)48)25(5)35(50)24(4)34(21)49;1-21-12-2-4-13(5-3-12)22-10-14(16)18-19-15(20)11-6-8-17-9-7-11/h11-14,19-21,23-25,29,34-35,39,49-53H,15-18H2,1-10H3,(H,45,55);2-9H,10H2,1H3,(H2,16,18)(H,19,20)/b12-11+,19-14+,22-13-,44-20-;/t21-,23+,24+,25+,29-,34-,35+,39+,43-;/m0./s1. The molecule has 9 atom stereocenters. The number of aromatic nitrogens is 1. The number of pyridine rings is 1. The molecule has 4 aromatic rings. The van der Waals surface area contributed by atoms with Crippen molar-refractivity contribution in [2.24, 2.45) is 39.6 Å². The molecule has 0 aliphatic carbocycles. The number of ether oxygens (including phenoxy) is 6. The SMILES string of the molecule is CO[C@H]1/C=C/O[C@@]2(C)Oc3c(C)c(O)c4c(O)c(c(/C=N\N5CCN(C)CC5)c(O)c4c3C2=O)NC(=O)/C(C)=C\C=C\[C@H](C)[C@H](O)[C@@H](C)[C@@H](O)[C@@H](C)[C@H](OC(C)=O)[C@@H]1C.COc1ccc(OC/C(N)=N\NC(=O)c2ccncc2)cc1. The van der Waals surface area contributed by atoms with Crippen LogP contribution in [-0.2, 0) is 23.8 Å².